The molecule has 1 N–H and O–H groups in total. The van der Waals surface area contributed by atoms with Crippen LogP contribution in [0.5, 0.6) is 0 Å². The molecule has 4 rings (SSSR count). The first-order valence-corrected chi connectivity index (χ1v) is 10.9. The molecule has 32 heavy (non-hydrogen) atoms. The number of hydrogen-bond acceptors (Lipinski definition) is 7. The summed E-state index contributed by atoms with van der Waals surface area (Å²) in [6, 6.07) is 6.23. The van der Waals surface area contributed by atoms with Crippen LogP contribution in [0.4, 0.5) is 0 Å². The molecule has 1 amide bonds. The standard InChI is InChI=1S/C23H25ClN4O4/c1-14-18(13-25-15(2)26-14)21(29)19-20(16-3-5-17(24)6-4-16)28(23(31)22(19)30)8-7-27-9-11-32-12-10-27/h3-6,13,20,29H,7-12H2,1-2H3/b21-19+. The number of ketones is 1. The van der Waals surface area contributed by atoms with E-state index in [1.54, 1.807) is 38.1 Å². The zero-order valence-electron chi connectivity index (χ0n) is 18.0. The molecule has 168 valence electrons. The Balaban J connectivity index is 1.75. The molecule has 2 saturated heterocycles. The third-order valence-corrected chi connectivity index (χ3v) is 6.09. The third-order valence-electron chi connectivity index (χ3n) is 5.84. The van der Waals surface area contributed by atoms with E-state index in [-0.39, 0.29) is 11.3 Å². The lowest BCUT2D eigenvalue weighted by Gasteiger charge is -2.31. The Morgan fingerprint density at radius 1 is 1.16 bits per heavy atom. The van der Waals surface area contributed by atoms with E-state index in [2.05, 4.69) is 14.9 Å². The third kappa shape index (κ3) is 4.39. The highest BCUT2D eigenvalue weighted by Crippen LogP contribution is 2.39. The summed E-state index contributed by atoms with van der Waals surface area (Å²) in [5.41, 5.74) is 1.60. The normalized spacial score (nSPS) is 21.3. The minimum Gasteiger partial charge on any atom is -0.507 e. The van der Waals surface area contributed by atoms with E-state index in [1.165, 1.54) is 11.1 Å². The number of morpholine rings is 1. The number of ether oxygens (including phenoxy) is 1. The number of hydrogen-bond donors (Lipinski definition) is 1. The number of nitrogens with zero attached hydrogens (tertiary/aromatic N) is 4. The van der Waals surface area contributed by atoms with Gasteiger partial charge < -0.3 is 14.7 Å². The average molecular weight is 457 g/mol. The predicted octanol–water partition coefficient (Wildman–Crippen LogP) is 2.50. The van der Waals surface area contributed by atoms with Crippen molar-refractivity contribution in [2.75, 3.05) is 39.4 Å². The molecule has 0 saturated carbocycles. The van der Waals surface area contributed by atoms with Crippen molar-refractivity contribution in [2.45, 2.75) is 19.9 Å². The van der Waals surface area contributed by atoms with Gasteiger partial charge in [0.1, 0.15) is 11.6 Å². The summed E-state index contributed by atoms with van der Waals surface area (Å²) in [6.07, 6.45) is 1.48. The Hall–Kier alpha value is -2.81. The molecule has 2 aliphatic heterocycles. The first-order chi connectivity index (χ1) is 15.4. The van der Waals surface area contributed by atoms with Gasteiger partial charge in [-0.15, -0.1) is 0 Å². The second kappa shape index (κ2) is 9.36. The average Bonchev–Trinajstić information content (AvgIpc) is 3.03. The topological polar surface area (TPSA) is 95.9 Å². The van der Waals surface area contributed by atoms with Crippen LogP contribution in [0.15, 0.2) is 36.0 Å². The first kappa shape index (κ1) is 22.4. The Labute approximate surface area is 191 Å². The van der Waals surface area contributed by atoms with E-state index in [0.717, 1.165) is 13.1 Å². The fourth-order valence-electron chi connectivity index (χ4n) is 4.14. The summed E-state index contributed by atoms with van der Waals surface area (Å²) >= 11 is 6.06. The van der Waals surface area contributed by atoms with Gasteiger partial charge in [-0.1, -0.05) is 23.7 Å². The highest BCUT2D eigenvalue weighted by Gasteiger charge is 2.46. The zero-order chi connectivity index (χ0) is 22.8. The van der Waals surface area contributed by atoms with E-state index >= 15 is 0 Å². The number of benzene rings is 1. The number of likely N-dealkylation sites (tertiary alicyclic amines) is 1. The molecular weight excluding hydrogens is 432 g/mol. The molecule has 0 spiro atoms. The van der Waals surface area contributed by atoms with Crippen LogP contribution < -0.4 is 0 Å². The summed E-state index contributed by atoms with van der Waals surface area (Å²) < 4.78 is 5.39. The van der Waals surface area contributed by atoms with Crippen molar-refractivity contribution < 1.29 is 19.4 Å². The SMILES string of the molecule is Cc1ncc(/C(O)=C2\C(=O)C(=O)N(CCN3CCOCC3)C2c2ccc(Cl)cc2)c(C)n1. The van der Waals surface area contributed by atoms with Crippen molar-refractivity contribution in [3.63, 3.8) is 0 Å². The quantitative estimate of drug-likeness (QED) is 0.419. The molecule has 0 radical (unpaired) electrons. The van der Waals surface area contributed by atoms with Crippen LogP contribution >= 0.6 is 11.6 Å². The predicted molar refractivity (Wildman–Crippen MR) is 119 cm³/mol. The Morgan fingerprint density at radius 3 is 2.50 bits per heavy atom. The maximum Gasteiger partial charge on any atom is 0.295 e. The van der Waals surface area contributed by atoms with E-state index in [4.69, 9.17) is 16.3 Å². The van der Waals surface area contributed by atoms with Gasteiger partial charge in [-0.25, -0.2) is 9.97 Å². The van der Waals surface area contributed by atoms with Gasteiger partial charge in [0.05, 0.1) is 36.1 Å². The summed E-state index contributed by atoms with van der Waals surface area (Å²) in [6.45, 7) is 7.26. The number of aromatic nitrogens is 2. The molecule has 0 aliphatic carbocycles. The summed E-state index contributed by atoms with van der Waals surface area (Å²) in [5.74, 6) is -1.07. The number of aliphatic hydroxyl groups excluding tert-OH is 1. The fourth-order valence-corrected chi connectivity index (χ4v) is 4.26. The van der Waals surface area contributed by atoms with E-state index < -0.39 is 17.7 Å². The van der Waals surface area contributed by atoms with Crippen LogP contribution in [-0.2, 0) is 14.3 Å². The number of aliphatic hydroxyl groups is 1. The van der Waals surface area contributed by atoms with E-state index in [9.17, 15) is 14.7 Å². The largest absolute Gasteiger partial charge is 0.507 e. The number of aryl methyl sites for hydroxylation is 2. The first-order valence-electron chi connectivity index (χ1n) is 10.5. The molecule has 2 aromatic rings. The summed E-state index contributed by atoms with van der Waals surface area (Å²) in [4.78, 5) is 38.3. The Bertz CT molecular complexity index is 1060. The van der Waals surface area contributed by atoms with Gasteiger partial charge >= 0.3 is 0 Å². The molecule has 1 aromatic carbocycles. The van der Waals surface area contributed by atoms with Gasteiger partial charge in [-0.3, -0.25) is 14.5 Å². The van der Waals surface area contributed by atoms with E-state index in [1.807, 2.05) is 0 Å². The second-order valence-electron chi connectivity index (χ2n) is 7.91. The maximum absolute atomic E-state index is 13.1. The number of carbonyl (C=O) groups excluding carboxylic acids is 2. The zero-order valence-corrected chi connectivity index (χ0v) is 18.8. The molecule has 1 unspecified atom stereocenters. The summed E-state index contributed by atoms with van der Waals surface area (Å²) in [5, 5.41) is 11.7. The smallest absolute Gasteiger partial charge is 0.295 e. The molecule has 1 atom stereocenters. The van der Waals surface area contributed by atoms with Crippen LogP contribution in [0.1, 0.15) is 28.7 Å². The molecule has 2 fully saturated rings. The minimum absolute atomic E-state index is 0.0369. The van der Waals surface area contributed by atoms with Crippen molar-refractivity contribution in [1.82, 2.24) is 19.8 Å². The van der Waals surface area contributed by atoms with Crippen LogP contribution in [0.3, 0.4) is 0 Å². The number of rotatable bonds is 5. The number of Topliss-reactive ketones (excluding diaryl/α,β-unsaturated/α-hetero) is 1. The molecule has 8 nitrogen and oxygen atoms in total. The molecular formula is C23H25ClN4O4. The summed E-state index contributed by atoms with van der Waals surface area (Å²) in [7, 11) is 0. The lowest BCUT2D eigenvalue weighted by atomic mass is 9.95. The van der Waals surface area contributed by atoms with E-state index in [0.29, 0.717) is 54.0 Å². The minimum atomic E-state index is -0.728. The number of amides is 1. The Kier molecular flexibility index (Phi) is 6.55. The van der Waals surface area contributed by atoms with Crippen molar-refractivity contribution in [3.8, 4) is 0 Å². The van der Waals surface area contributed by atoms with Gasteiger partial charge in [-0.05, 0) is 31.5 Å². The molecule has 9 heteroatoms. The molecule has 0 bridgehead atoms. The fraction of sp³-hybridized carbons (Fsp3) is 0.391. The Morgan fingerprint density at radius 2 is 1.84 bits per heavy atom. The lowest BCUT2D eigenvalue weighted by molar-refractivity contribution is -0.140. The highest BCUT2D eigenvalue weighted by atomic mass is 35.5. The van der Waals surface area contributed by atoms with Crippen molar-refractivity contribution in [1.29, 1.82) is 0 Å². The molecule has 1 aromatic heterocycles. The second-order valence-corrected chi connectivity index (χ2v) is 8.35. The van der Waals surface area contributed by atoms with Crippen LogP contribution in [0.25, 0.3) is 5.76 Å². The van der Waals surface area contributed by atoms with Crippen LogP contribution in [-0.4, -0.2) is 76.0 Å². The van der Waals surface area contributed by atoms with Gasteiger partial charge in [-0.2, -0.15) is 0 Å². The molecule has 3 heterocycles. The maximum atomic E-state index is 13.1. The van der Waals surface area contributed by atoms with Gasteiger partial charge in [0.15, 0.2) is 0 Å². The van der Waals surface area contributed by atoms with Crippen LogP contribution in [0, 0.1) is 13.8 Å². The number of carbonyl (C=O) groups is 2. The van der Waals surface area contributed by atoms with Crippen molar-refractivity contribution in [3.05, 3.63) is 63.7 Å². The highest BCUT2D eigenvalue weighted by molar-refractivity contribution is 6.46. The monoisotopic (exact) mass is 456 g/mol. The van der Waals surface area contributed by atoms with Crippen LogP contribution in [0.2, 0.25) is 5.02 Å². The molecule has 2 aliphatic rings. The lowest BCUT2D eigenvalue weighted by Crippen LogP contribution is -2.42. The number of halogens is 1. The van der Waals surface area contributed by atoms with Crippen molar-refractivity contribution in [2.24, 2.45) is 0 Å². The van der Waals surface area contributed by atoms with Gasteiger partial charge in [0.25, 0.3) is 11.7 Å². The van der Waals surface area contributed by atoms with Gasteiger partial charge in [0.2, 0.25) is 0 Å². The van der Waals surface area contributed by atoms with Gasteiger partial charge in [0, 0.05) is 37.4 Å². The van der Waals surface area contributed by atoms with Crippen molar-refractivity contribution >= 4 is 29.1 Å².